The smallest absolute Gasteiger partial charge is 0.289 e. The Morgan fingerprint density at radius 2 is 0.550 bits per heavy atom. The van der Waals surface area contributed by atoms with E-state index in [1.807, 2.05) is 0 Å². The lowest BCUT2D eigenvalue weighted by Gasteiger charge is -2.38. The van der Waals surface area contributed by atoms with Crippen molar-refractivity contribution in [1.82, 2.24) is 0 Å². The number of carbonyl (C=O) groups excluding carboxylic acids is 2. The summed E-state index contributed by atoms with van der Waals surface area (Å²) in [4.78, 5) is 29.9. The molecule has 0 fully saturated rings. The average Bonchev–Trinajstić information content (AvgIpc) is 2.84. The highest BCUT2D eigenvalue weighted by molar-refractivity contribution is 6.60. The summed E-state index contributed by atoms with van der Waals surface area (Å²) in [5.41, 5.74) is -3.17. The van der Waals surface area contributed by atoms with Crippen LogP contribution in [0.25, 0.3) is 44.6 Å². The Morgan fingerprint density at radius 1 is 0.325 bits per heavy atom. The van der Waals surface area contributed by atoms with Gasteiger partial charge in [-0.1, -0.05) is 140 Å². The summed E-state index contributed by atoms with van der Waals surface area (Å²) in [5.74, 6) is -4.77. The summed E-state index contributed by atoms with van der Waals surface area (Å²) >= 11 is 0. The second-order valence-electron chi connectivity index (χ2n) is 19.6. The summed E-state index contributed by atoms with van der Waals surface area (Å²) < 4.78 is 154. The molecule has 0 bridgehead atoms. The monoisotopic (exact) mass is 1080 g/mol. The average molecular weight is 1080 g/mol. The number of allylic oxidation sites excluding steroid dienone is 14. The van der Waals surface area contributed by atoms with E-state index in [2.05, 4.69) is 0 Å². The van der Waals surface area contributed by atoms with E-state index in [4.69, 9.17) is 0 Å². The third-order valence-corrected chi connectivity index (χ3v) is 14.6. The third-order valence-electron chi connectivity index (χ3n) is 14.6. The molecule has 80 heavy (non-hydrogen) atoms. The fraction of sp³-hybridized carbons (Fsp3) is 0.0588. The van der Waals surface area contributed by atoms with Crippen molar-refractivity contribution < 1.29 is 53.5 Å². The zero-order valence-corrected chi connectivity index (χ0v) is 42.0. The van der Waals surface area contributed by atoms with Gasteiger partial charge in [0.15, 0.2) is 11.6 Å². The first-order valence-corrected chi connectivity index (χ1v) is 25.0. The number of rotatable bonds is 11. The molecule has 12 heteroatoms. The zero-order chi connectivity index (χ0) is 56.3. The van der Waals surface area contributed by atoms with Gasteiger partial charge in [0.25, 0.3) is 0 Å². The van der Waals surface area contributed by atoms with Crippen LogP contribution >= 0.6 is 0 Å². The van der Waals surface area contributed by atoms with Gasteiger partial charge in [0.2, 0.25) is 0 Å². The van der Waals surface area contributed by atoms with E-state index in [0.717, 1.165) is 66.8 Å². The highest BCUT2D eigenvalue weighted by Gasteiger charge is 2.59. The summed E-state index contributed by atoms with van der Waals surface area (Å²) in [6.45, 7) is 1.18. The summed E-state index contributed by atoms with van der Waals surface area (Å²) in [6.07, 6.45) is 0.326. The normalized spacial score (nSPS) is 16.8. The molecule has 0 N–H and O–H groups in total. The van der Waals surface area contributed by atoms with Crippen molar-refractivity contribution >= 4 is 56.2 Å². The number of ketones is 2. The molecule has 0 heterocycles. The van der Waals surface area contributed by atoms with Crippen LogP contribution in [0.4, 0.5) is 43.9 Å². The molecule has 8 aromatic carbocycles. The van der Waals surface area contributed by atoms with Crippen LogP contribution in [0.5, 0.6) is 0 Å². The molecular formula is C68H40F10O2. The van der Waals surface area contributed by atoms with Gasteiger partial charge in [0.1, 0.15) is 46.0 Å². The lowest BCUT2D eigenvalue weighted by molar-refractivity contribution is -0.166. The number of halogens is 10. The van der Waals surface area contributed by atoms with Gasteiger partial charge in [0.05, 0.1) is 0 Å². The molecule has 0 saturated heterocycles. The van der Waals surface area contributed by atoms with Crippen LogP contribution in [-0.2, 0) is 15.0 Å². The molecular weight excluding hydrogens is 1040 g/mol. The van der Waals surface area contributed by atoms with E-state index in [1.165, 1.54) is 165 Å². The lowest BCUT2D eigenvalue weighted by Crippen LogP contribution is -2.45. The van der Waals surface area contributed by atoms with E-state index in [-0.39, 0.29) is 89.1 Å². The fourth-order valence-electron chi connectivity index (χ4n) is 10.9. The van der Waals surface area contributed by atoms with Gasteiger partial charge in [-0.2, -0.15) is 13.2 Å². The Morgan fingerprint density at radius 3 is 0.787 bits per heavy atom. The molecule has 3 aliphatic carbocycles. The van der Waals surface area contributed by atoms with Gasteiger partial charge in [-0.25, -0.2) is 30.7 Å². The minimum atomic E-state index is -5.22. The molecule has 0 saturated carbocycles. The molecule has 11 rings (SSSR count). The van der Waals surface area contributed by atoms with Crippen molar-refractivity contribution in [3.63, 3.8) is 0 Å². The second-order valence-corrected chi connectivity index (χ2v) is 19.6. The van der Waals surface area contributed by atoms with Gasteiger partial charge < -0.3 is 0 Å². The summed E-state index contributed by atoms with van der Waals surface area (Å²) in [6, 6.07) is 41.2. The number of Topliss-reactive ketones (excluding diaryl/α,β-unsaturated/α-hetero) is 2. The molecule has 0 radical (unpaired) electrons. The number of hydrogen-bond donors (Lipinski definition) is 0. The maximum atomic E-state index is 17.1. The SMILES string of the molecule is CC1(F)C=CC=C(C(c2ccc(C3=C(c4ccc(F)cc4)C(=O)C(c4ccc(F)cc4)=C3c3ccc(F)cc3)cc2)(c2ccc(C3=C(c4ccc(F)cc4)C(=O)C(c4ccc(F)cc4)=C3c3ccc(F)cc3)cc2)C(F)(F)F)C=C1. The first-order chi connectivity index (χ1) is 38.3. The van der Waals surface area contributed by atoms with Crippen molar-refractivity contribution in [2.24, 2.45) is 0 Å². The van der Waals surface area contributed by atoms with Gasteiger partial charge in [-0.15, -0.1) is 0 Å². The van der Waals surface area contributed by atoms with Crippen molar-refractivity contribution in [3.8, 4) is 0 Å². The maximum absolute atomic E-state index is 17.1. The number of hydrogen-bond acceptors (Lipinski definition) is 2. The van der Waals surface area contributed by atoms with Crippen LogP contribution in [0.3, 0.4) is 0 Å². The predicted octanol–water partition coefficient (Wildman–Crippen LogP) is 17.4. The van der Waals surface area contributed by atoms with E-state index in [0.29, 0.717) is 11.1 Å². The van der Waals surface area contributed by atoms with E-state index in [9.17, 15) is 35.9 Å². The standard InChI is InChI=1S/C68H40F10O2/c1-66(75)37-2-3-47(36-38-66)67(68(76,77)78,48-20-4-39(5-21-48)56-58(41-8-24-50(69)25-9-41)62(45-16-32-54(73)33-17-45)64(79)60(56)43-12-28-52(71)29-13-43)49-22-6-40(7-23-49)57-59(42-10-26-51(70)27-11-42)63(46-18-34-55(74)35-19-46)65(80)61(57)44-14-30-53(72)31-15-44/h2-38H,1H3. The third kappa shape index (κ3) is 9.40. The minimum Gasteiger partial charge on any atom is -0.289 e. The Bertz CT molecular complexity index is 3770. The van der Waals surface area contributed by atoms with Crippen LogP contribution in [0.15, 0.2) is 230 Å². The van der Waals surface area contributed by atoms with E-state index >= 15 is 17.6 Å². The van der Waals surface area contributed by atoms with Crippen molar-refractivity contribution in [2.75, 3.05) is 0 Å². The highest BCUT2D eigenvalue weighted by Crippen LogP contribution is 2.56. The number of benzene rings is 8. The highest BCUT2D eigenvalue weighted by atomic mass is 19.4. The summed E-state index contributed by atoms with van der Waals surface area (Å²) in [5, 5.41) is 0. The molecule has 394 valence electrons. The molecule has 8 aromatic rings. The lowest BCUT2D eigenvalue weighted by atomic mass is 9.67. The Hall–Kier alpha value is -9.42. The number of carbonyl (C=O) groups is 2. The fourth-order valence-corrected chi connectivity index (χ4v) is 10.9. The number of alkyl halides is 4. The minimum absolute atomic E-state index is 0.0344. The molecule has 3 aliphatic rings. The molecule has 0 aliphatic heterocycles. The molecule has 2 nitrogen and oxygen atoms in total. The van der Waals surface area contributed by atoms with Crippen LogP contribution in [-0.4, -0.2) is 23.4 Å². The van der Waals surface area contributed by atoms with Gasteiger partial charge in [-0.05, 0) is 153 Å². The molecule has 0 spiro atoms. The van der Waals surface area contributed by atoms with Crippen LogP contribution in [0.1, 0.15) is 62.6 Å². The first kappa shape index (κ1) is 52.6. The van der Waals surface area contributed by atoms with E-state index in [1.54, 1.807) is 0 Å². The van der Waals surface area contributed by atoms with Crippen LogP contribution < -0.4 is 0 Å². The largest absolute Gasteiger partial charge is 0.406 e. The Labute approximate surface area is 452 Å². The van der Waals surface area contributed by atoms with Crippen molar-refractivity contribution in [3.05, 3.63) is 321 Å². The topological polar surface area (TPSA) is 34.1 Å². The molecule has 1 unspecified atom stereocenters. The summed E-state index contributed by atoms with van der Waals surface area (Å²) in [7, 11) is 0. The quantitative estimate of drug-likeness (QED) is 0.121. The van der Waals surface area contributed by atoms with Crippen LogP contribution in [0.2, 0.25) is 0 Å². The molecule has 0 amide bonds. The predicted molar refractivity (Wildman–Crippen MR) is 291 cm³/mol. The van der Waals surface area contributed by atoms with Gasteiger partial charge in [0, 0.05) is 44.6 Å². The first-order valence-electron chi connectivity index (χ1n) is 25.0. The van der Waals surface area contributed by atoms with Gasteiger partial charge in [-0.3, -0.25) is 9.59 Å². The second kappa shape index (κ2) is 20.4. The van der Waals surface area contributed by atoms with Gasteiger partial charge >= 0.3 is 6.18 Å². The van der Waals surface area contributed by atoms with Crippen LogP contribution in [0, 0.1) is 34.9 Å². The van der Waals surface area contributed by atoms with E-state index < -0.39 is 69.3 Å². The van der Waals surface area contributed by atoms with Crippen molar-refractivity contribution in [2.45, 2.75) is 24.2 Å². The molecule has 1 atom stereocenters. The maximum Gasteiger partial charge on any atom is 0.406 e. The molecule has 0 aromatic heterocycles. The van der Waals surface area contributed by atoms with Crippen molar-refractivity contribution in [1.29, 1.82) is 0 Å². The Balaban J connectivity index is 1.14. The zero-order valence-electron chi connectivity index (χ0n) is 42.0. The Kier molecular flexibility index (Phi) is 13.4.